The second-order valence-electron chi connectivity index (χ2n) is 7.53. The molecule has 4 rings (SSSR count). The van der Waals surface area contributed by atoms with Gasteiger partial charge in [0.15, 0.2) is 0 Å². The molecule has 1 heterocycles. The molecule has 144 valence electrons. The summed E-state index contributed by atoms with van der Waals surface area (Å²) in [6.45, 7) is 0.571. The van der Waals surface area contributed by atoms with E-state index in [1.165, 1.54) is 5.56 Å². The molecule has 0 spiro atoms. The third-order valence-corrected chi connectivity index (χ3v) is 5.81. The Morgan fingerprint density at radius 3 is 2.29 bits per heavy atom. The van der Waals surface area contributed by atoms with Gasteiger partial charge >= 0.3 is 0 Å². The predicted octanol–water partition coefficient (Wildman–Crippen LogP) is 2.34. The smallest absolute Gasteiger partial charge is 0.267 e. The topological polar surface area (TPSA) is 87.8 Å². The van der Waals surface area contributed by atoms with Gasteiger partial charge in [0, 0.05) is 18.4 Å². The molecule has 2 amide bonds. The maximum atomic E-state index is 12.8. The van der Waals surface area contributed by atoms with Crippen molar-refractivity contribution in [3.8, 4) is 0 Å². The number of primary amides is 1. The molecule has 1 saturated carbocycles. The van der Waals surface area contributed by atoms with Crippen molar-refractivity contribution >= 4 is 23.2 Å². The summed E-state index contributed by atoms with van der Waals surface area (Å²) in [6, 6.07) is 19.0. The van der Waals surface area contributed by atoms with Crippen LogP contribution in [0.4, 0.5) is 5.69 Å². The first kappa shape index (κ1) is 18.2. The lowest BCUT2D eigenvalue weighted by atomic mass is 9.64. The minimum Gasteiger partial charge on any atom is -0.368 e. The molecule has 2 aromatic carbocycles. The highest BCUT2D eigenvalue weighted by Crippen LogP contribution is 2.43. The number of hydrogen-bond donors (Lipinski definition) is 2. The van der Waals surface area contributed by atoms with E-state index < -0.39 is 11.9 Å². The molecule has 0 saturated heterocycles. The summed E-state index contributed by atoms with van der Waals surface area (Å²) in [4.78, 5) is 24.7. The number of anilines is 1. The molecule has 2 aromatic rings. The molecule has 6 nitrogen and oxygen atoms in total. The van der Waals surface area contributed by atoms with E-state index in [0.29, 0.717) is 12.3 Å². The molecule has 1 aliphatic carbocycles. The van der Waals surface area contributed by atoms with Crippen LogP contribution in [0.25, 0.3) is 0 Å². The minimum absolute atomic E-state index is 0.00170. The maximum Gasteiger partial charge on any atom is 0.267 e. The number of nitrogens with zero attached hydrogens (tertiary/aromatic N) is 2. The molecule has 0 aromatic heterocycles. The summed E-state index contributed by atoms with van der Waals surface area (Å²) in [5.74, 6) is -0.720. The van der Waals surface area contributed by atoms with Crippen LogP contribution in [-0.2, 0) is 15.0 Å². The third-order valence-electron chi connectivity index (χ3n) is 5.81. The quantitative estimate of drug-likeness (QED) is 0.811. The van der Waals surface area contributed by atoms with Crippen LogP contribution >= 0.6 is 0 Å². The maximum absolute atomic E-state index is 12.8. The van der Waals surface area contributed by atoms with Gasteiger partial charge in [-0.25, -0.2) is 0 Å². The van der Waals surface area contributed by atoms with Crippen LogP contribution in [0.1, 0.15) is 31.2 Å². The Hall–Kier alpha value is -3.15. The average molecular weight is 376 g/mol. The van der Waals surface area contributed by atoms with Crippen molar-refractivity contribution in [1.29, 1.82) is 0 Å². The van der Waals surface area contributed by atoms with Gasteiger partial charge in [-0.15, -0.1) is 0 Å². The number of nitrogens with two attached hydrogens (primary N) is 1. The minimum atomic E-state index is -0.644. The Morgan fingerprint density at radius 2 is 1.71 bits per heavy atom. The van der Waals surface area contributed by atoms with Gasteiger partial charge < -0.3 is 11.1 Å². The largest absolute Gasteiger partial charge is 0.368 e. The summed E-state index contributed by atoms with van der Waals surface area (Å²) < 4.78 is 0. The third kappa shape index (κ3) is 3.38. The lowest BCUT2D eigenvalue weighted by Crippen LogP contribution is -2.47. The normalized spacial score (nSPS) is 20.2. The van der Waals surface area contributed by atoms with E-state index in [2.05, 4.69) is 22.6 Å². The lowest BCUT2D eigenvalue weighted by Gasteiger charge is -2.42. The molecule has 1 atom stereocenters. The van der Waals surface area contributed by atoms with E-state index in [9.17, 15) is 9.59 Å². The molecule has 0 radical (unpaired) electrons. The van der Waals surface area contributed by atoms with E-state index in [0.717, 1.165) is 24.9 Å². The Bertz CT molecular complexity index is 891. The van der Waals surface area contributed by atoms with Crippen molar-refractivity contribution in [3.05, 3.63) is 66.2 Å². The summed E-state index contributed by atoms with van der Waals surface area (Å²) in [7, 11) is 0. The summed E-state index contributed by atoms with van der Waals surface area (Å²) in [6.07, 6.45) is 3.50. The number of rotatable bonds is 6. The summed E-state index contributed by atoms with van der Waals surface area (Å²) in [5, 5.41) is 9.01. The number of amides is 2. The highest BCUT2D eigenvalue weighted by Gasteiger charge is 2.40. The fourth-order valence-corrected chi connectivity index (χ4v) is 4.00. The van der Waals surface area contributed by atoms with Gasteiger partial charge in [0.1, 0.15) is 11.8 Å². The number of hydrazone groups is 1. The molecular formula is C22H24N4O2. The number of hydrogen-bond acceptors (Lipinski definition) is 4. The van der Waals surface area contributed by atoms with Gasteiger partial charge in [0.05, 0.1) is 5.69 Å². The molecule has 2 aliphatic rings. The van der Waals surface area contributed by atoms with E-state index in [4.69, 9.17) is 5.73 Å². The molecule has 28 heavy (non-hydrogen) atoms. The zero-order valence-electron chi connectivity index (χ0n) is 15.7. The number of benzene rings is 2. The number of para-hydroxylation sites is 1. The molecule has 6 heteroatoms. The zero-order chi connectivity index (χ0) is 19.6. The fraction of sp³-hybridized carbons (Fsp3) is 0.318. The van der Waals surface area contributed by atoms with E-state index >= 15 is 0 Å². The number of carbonyl (C=O) groups is 2. The van der Waals surface area contributed by atoms with Gasteiger partial charge in [-0.3, -0.25) is 14.6 Å². The lowest BCUT2D eigenvalue weighted by molar-refractivity contribution is -0.119. The highest BCUT2D eigenvalue weighted by atomic mass is 16.2. The average Bonchev–Trinajstić information content (AvgIpc) is 3.14. The van der Waals surface area contributed by atoms with Gasteiger partial charge in [-0.1, -0.05) is 55.0 Å². The first-order chi connectivity index (χ1) is 13.6. The number of nitrogens with one attached hydrogen (secondary N) is 1. The Balaban J connectivity index is 1.48. The van der Waals surface area contributed by atoms with Gasteiger partial charge in [0.25, 0.3) is 5.91 Å². The van der Waals surface area contributed by atoms with E-state index in [-0.39, 0.29) is 17.7 Å². The Morgan fingerprint density at radius 1 is 1.07 bits per heavy atom. The molecule has 3 N–H and O–H groups in total. The van der Waals surface area contributed by atoms with Crippen molar-refractivity contribution < 1.29 is 9.59 Å². The summed E-state index contributed by atoms with van der Waals surface area (Å²) in [5.41, 5.74) is 7.90. The highest BCUT2D eigenvalue weighted by molar-refractivity contribution is 6.40. The molecule has 1 aliphatic heterocycles. The zero-order valence-corrected chi connectivity index (χ0v) is 15.7. The van der Waals surface area contributed by atoms with Crippen LogP contribution in [-0.4, -0.2) is 30.1 Å². The van der Waals surface area contributed by atoms with Crippen LogP contribution in [0.2, 0.25) is 0 Å². The Labute approximate surface area is 164 Å². The van der Waals surface area contributed by atoms with Gasteiger partial charge in [0.2, 0.25) is 5.91 Å². The van der Waals surface area contributed by atoms with Crippen molar-refractivity contribution in [2.75, 3.05) is 11.6 Å². The fourth-order valence-electron chi connectivity index (χ4n) is 4.00. The number of carbonyl (C=O) groups excluding carboxylic acids is 2. The van der Waals surface area contributed by atoms with Crippen LogP contribution in [0.3, 0.4) is 0 Å². The van der Waals surface area contributed by atoms with Gasteiger partial charge in [-0.2, -0.15) is 5.10 Å². The molecule has 1 fully saturated rings. The Kier molecular flexibility index (Phi) is 4.86. The summed E-state index contributed by atoms with van der Waals surface area (Å²) >= 11 is 0. The van der Waals surface area contributed by atoms with Crippen molar-refractivity contribution in [1.82, 2.24) is 5.32 Å². The van der Waals surface area contributed by atoms with E-state index in [1.54, 1.807) is 5.01 Å². The first-order valence-corrected chi connectivity index (χ1v) is 9.64. The monoisotopic (exact) mass is 376 g/mol. The second kappa shape index (κ2) is 7.46. The predicted molar refractivity (Wildman–Crippen MR) is 109 cm³/mol. The molecular weight excluding hydrogens is 352 g/mol. The van der Waals surface area contributed by atoms with Crippen molar-refractivity contribution in [3.63, 3.8) is 0 Å². The van der Waals surface area contributed by atoms with E-state index in [1.807, 2.05) is 48.5 Å². The van der Waals surface area contributed by atoms with Crippen LogP contribution in [0, 0.1) is 0 Å². The van der Waals surface area contributed by atoms with Crippen molar-refractivity contribution in [2.24, 2.45) is 10.8 Å². The van der Waals surface area contributed by atoms with Crippen LogP contribution < -0.4 is 16.1 Å². The SMILES string of the molecule is NC(=O)[C@@H]1CC(C(=O)NCC2(c3ccccc3)CCC2)=NN1c1ccccc1. The molecule has 0 bridgehead atoms. The van der Waals surface area contributed by atoms with Gasteiger partial charge in [-0.05, 0) is 30.5 Å². The molecule has 0 unspecified atom stereocenters. The standard InChI is InChI=1S/C22H24N4O2/c23-20(27)19-14-18(25-26(19)17-10-5-2-6-11-17)21(28)24-15-22(12-7-13-22)16-8-3-1-4-9-16/h1-6,8-11,19H,7,12-15H2,(H2,23,27)(H,24,28)/t19-/m0/s1. The second-order valence-corrected chi connectivity index (χ2v) is 7.53. The van der Waals surface area contributed by atoms with Crippen LogP contribution in [0.5, 0.6) is 0 Å². The first-order valence-electron chi connectivity index (χ1n) is 9.64. The van der Waals surface area contributed by atoms with Crippen molar-refractivity contribution in [2.45, 2.75) is 37.1 Å². The van der Waals surface area contributed by atoms with Crippen LogP contribution in [0.15, 0.2) is 65.8 Å².